The van der Waals surface area contributed by atoms with E-state index in [2.05, 4.69) is 11.4 Å². The lowest BCUT2D eigenvalue weighted by atomic mass is 10.1. The average Bonchev–Trinajstić information content (AvgIpc) is 3.40. The number of thiophene rings is 1. The van der Waals surface area contributed by atoms with Gasteiger partial charge < -0.3 is 5.32 Å². The first-order valence-corrected chi connectivity index (χ1v) is 11.5. The van der Waals surface area contributed by atoms with E-state index in [0.717, 1.165) is 38.2 Å². The molecule has 5 aromatic rings. The van der Waals surface area contributed by atoms with Gasteiger partial charge in [-0.2, -0.15) is 5.10 Å². The number of hydrogen-bond donors (Lipinski definition) is 1. The Morgan fingerprint density at radius 1 is 1.03 bits per heavy atom. The third kappa shape index (κ3) is 3.93. The zero-order chi connectivity index (χ0) is 22.1. The van der Waals surface area contributed by atoms with Crippen LogP contribution in [0.4, 0.5) is 0 Å². The van der Waals surface area contributed by atoms with Crippen LogP contribution in [0.5, 0.6) is 0 Å². The summed E-state index contributed by atoms with van der Waals surface area (Å²) in [4.78, 5) is 13.5. The van der Waals surface area contributed by atoms with Gasteiger partial charge in [-0.1, -0.05) is 72.3 Å². The van der Waals surface area contributed by atoms with E-state index in [4.69, 9.17) is 16.7 Å². The molecule has 0 spiro atoms. The highest BCUT2D eigenvalue weighted by Crippen LogP contribution is 2.36. The number of aromatic nitrogens is 2. The standard InChI is InChI=1S/C26H20ClN3OS/c1-17-12-13-21-22(14-17)32-25(23(21)27)26(31)28-15-19-16-30(20-10-6-3-7-11-20)29-24(19)18-8-4-2-5-9-18/h2-14,16H,15H2,1H3,(H,28,31). The van der Waals surface area contributed by atoms with Gasteiger partial charge in [-0.3, -0.25) is 4.79 Å². The second-order valence-corrected chi connectivity index (χ2v) is 9.01. The van der Waals surface area contributed by atoms with Crippen LogP contribution in [0.3, 0.4) is 0 Å². The summed E-state index contributed by atoms with van der Waals surface area (Å²) >= 11 is 7.95. The molecule has 0 radical (unpaired) electrons. The normalized spacial score (nSPS) is 11.1. The molecule has 0 atom stereocenters. The number of halogens is 1. The second-order valence-electron chi connectivity index (χ2n) is 7.58. The number of carbonyl (C=O) groups excluding carboxylic acids is 1. The average molecular weight is 458 g/mol. The molecule has 1 amide bonds. The number of fused-ring (bicyclic) bond motifs is 1. The highest BCUT2D eigenvalue weighted by Gasteiger charge is 2.19. The Kier molecular flexibility index (Phi) is 5.52. The molecule has 2 aromatic heterocycles. The molecule has 0 aliphatic carbocycles. The third-order valence-corrected chi connectivity index (χ3v) is 6.94. The molecule has 3 aromatic carbocycles. The molecule has 6 heteroatoms. The lowest BCUT2D eigenvalue weighted by Crippen LogP contribution is -2.22. The van der Waals surface area contributed by atoms with Crippen LogP contribution in [-0.2, 0) is 6.54 Å². The number of carbonyl (C=O) groups is 1. The van der Waals surface area contributed by atoms with Gasteiger partial charge in [0.25, 0.3) is 5.91 Å². The van der Waals surface area contributed by atoms with Gasteiger partial charge in [-0.25, -0.2) is 4.68 Å². The van der Waals surface area contributed by atoms with E-state index in [-0.39, 0.29) is 5.91 Å². The van der Waals surface area contributed by atoms with Crippen molar-refractivity contribution >= 4 is 38.9 Å². The van der Waals surface area contributed by atoms with Crippen LogP contribution in [-0.4, -0.2) is 15.7 Å². The third-order valence-electron chi connectivity index (χ3n) is 5.29. The number of para-hydroxylation sites is 1. The molecular weight excluding hydrogens is 438 g/mol. The smallest absolute Gasteiger partial charge is 0.263 e. The van der Waals surface area contributed by atoms with Gasteiger partial charge in [0.1, 0.15) is 4.88 Å². The summed E-state index contributed by atoms with van der Waals surface area (Å²) in [5.74, 6) is -0.180. The van der Waals surface area contributed by atoms with Gasteiger partial charge in [0.05, 0.1) is 16.4 Å². The molecule has 32 heavy (non-hydrogen) atoms. The number of aryl methyl sites for hydroxylation is 1. The van der Waals surface area contributed by atoms with Crippen molar-refractivity contribution in [3.63, 3.8) is 0 Å². The van der Waals surface area contributed by atoms with Crippen LogP contribution < -0.4 is 5.32 Å². The first-order chi connectivity index (χ1) is 15.6. The van der Waals surface area contributed by atoms with Crippen molar-refractivity contribution in [1.82, 2.24) is 15.1 Å². The topological polar surface area (TPSA) is 46.9 Å². The molecule has 0 saturated carbocycles. The maximum Gasteiger partial charge on any atom is 0.263 e. The Bertz CT molecular complexity index is 1410. The van der Waals surface area contributed by atoms with Gasteiger partial charge in [-0.15, -0.1) is 11.3 Å². The van der Waals surface area contributed by atoms with Crippen LogP contribution >= 0.6 is 22.9 Å². The number of nitrogens with zero attached hydrogens (tertiary/aromatic N) is 2. The molecule has 0 aliphatic heterocycles. The van der Waals surface area contributed by atoms with E-state index in [1.54, 1.807) is 0 Å². The largest absolute Gasteiger partial charge is 0.347 e. The summed E-state index contributed by atoms with van der Waals surface area (Å²) in [6.07, 6.45) is 1.97. The Balaban J connectivity index is 1.45. The van der Waals surface area contributed by atoms with Gasteiger partial charge in [0.2, 0.25) is 0 Å². The summed E-state index contributed by atoms with van der Waals surface area (Å²) in [5.41, 5.74) is 4.88. The lowest BCUT2D eigenvalue weighted by Gasteiger charge is -2.05. The quantitative estimate of drug-likeness (QED) is 0.321. The van der Waals surface area contributed by atoms with Gasteiger partial charge in [0.15, 0.2) is 0 Å². The van der Waals surface area contributed by atoms with E-state index < -0.39 is 0 Å². The summed E-state index contributed by atoms with van der Waals surface area (Å²) < 4.78 is 2.86. The number of nitrogens with one attached hydrogen (secondary N) is 1. The highest BCUT2D eigenvalue weighted by molar-refractivity contribution is 7.21. The Morgan fingerprint density at radius 3 is 2.50 bits per heavy atom. The summed E-state index contributed by atoms with van der Waals surface area (Å²) in [6, 6.07) is 26.0. The van der Waals surface area contributed by atoms with Crippen molar-refractivity contribution in [3.05, 3.63) is 106 Å². The monoisotopic (exact) mass is 457 g/mol. The van der Waals surface area contributed by atoms with Crippen LogP contribution in [0.2, 0.25) is 5.02 Å². The van der Waals surface area contributed by atoms with E-state index in [1.165, 1.54) is 11.3 Å². The fourth-order valence-corrected chi connectivity index (χ4v) is 5.20. The molecule has 1 N–H and O–H groups in total. The molecule has 0 unspecified atom stereocenters. The second kappa shape index (κ2) is 8.61. The van der Waals surface area contributed by atoms with Gasteiger partial charge in [-0.05, 0) is 30.7 Å². The number of hydrogen-bond acceptors (Lipinski definition) is 3. The SMILES string of the molecule is Cc1ccc2c(Cl)c(C(=O)NCc3cn(-c4ccccc4)nc3-c3ccccc3)sc2c1. The Labute approximate surface area is 195 Å². The van der Waals surface area contributed by atoms with Crippen LogP contribution in [0.1, 0.15) is 20.8 Å². The molecular formula is C26H20ClN3OS. The molecule has 0 saturated heterocycles. The van der Waals surface area contributed by atoms with Gasteiger partial charge in [0, 0.05) is 34.0 Å². The van der Waals surface area contributed by atoms with Crippen LogP contribution in [0, 0.1) is 6.92 Å². The van der Waals surface area contributed by atoms with E-state index in [9.17, 15) is 4.79 Å². The first kappa shape index (κ1) is 20.5. The highest BCUT2D eigenvalue weighted by atomic mass is 35.5. The van der Waals surface area contributed by atoms with E-state index in [1.807, 2.05) is 90.6 Å². The molecule has 0 fully saturated rings. The molecule has 5 rings (SSSR count). The molecule has 0 aliphatic rings. The van der Waals surface area contributed by atoms with Crippen molar-refractivity contribution < 1.29 is 4.79 Å². The van der Waals surface area contributed by atoms with E-state index in [0.29, 0.717) is 16.4 Å². The molecule has 4 nitrogen and oxygen atoms in total. The molecule has 0 bridgehead atoms. The minimum atomic E-state index is -0.180. The fourth-order valence-electron chi connectivity index (χ4n) is 3.67. The van der Waals surface area contributed by atoms with Crippen molar-refractivity contribution in [3.8, 4) is 16.9 Å². The van der Waals surface area contributed by atoms with Crippen molar-refractivity contribution in [2.75, 3.05) is 0 Å². The van der Waals surface area contributed by atoms with Crippen LogP contribution in [0.15, 0.2) is 85.1 Å². The maximum atomic E-state index is 13.0. The number of amides is 1. The minimum absolute atomic E-state index is 0.180. The van der Waals surface area contributed by atoms with E-state index >= 15 is 0 Å². The fraction of sp³-hybridized carbons (Fsp3) is 0.0769. The Morgan fingerprint density at radius 2 is 1.75 bits per heavy atom. The van der Waals surface area contributed by atoms with Gasteiger partial charge >= 0.3 is 0 Å². The number of benzene rings is 3. The van der Waals surface area contributed by atoms with Crippen molar-refractivity contribution in [2.45, 2.75) is 13.5 Å². The minimum Gasteiger partial charge on any atom is -0.347 e. The van der Waals surface area contributed by atoms with Crippen LogP contribution in [0.25, 0.3) is 27.0 Å². The maximum absolute atomic E-state index is 13.0. The predicted octanol–water partition coefficient (Wildman–Crippen LogP) is 6.65. The predicted molar refractivity (Wildman–Crippen MR) is 132 cm³/mol. The Hall–Kier alpha value is -3.41. The summed E-state index contributed by atoms with van der Waals surface area (Å²) in [6.45, 7) is 2.38. The lowest BCUT2D eigenvalue weighted by molar-refractivity contribution is 0.0955. The summed E-state index contributed by atoms with van der Waals surface area (Å²) in [5, 5.41) is 9.26. The summed E-state index contributed by atoms with van der Waals surface area (Å²) in [7, 11) is 0. The first-order valence-electron chi connectivity index (χ1n) is 10.3. The zero-order valence-electron chi connectivity index (χ0n) is 17.4. The van der Waals surface area contributed by atoms with Crippen molar-refractivity contribution in [1.29, 1.82) is 0 Å². The number of rotatable bonds is 5. The zero-order valence-corrected chi connectivity index (χ0v) is 19.0. The molecule has 2 heterocycles. The van der Waals surface area contributed by atoms with Crippen molar-refractivity contribution in [2.24, 2.45) is 0 Å². The molecule has 158 valence electrons.